The summed E-state index contributed by atoms with van der Waals surface area (Å²) in [5, 5.41) is 3.06. The van der Waals surface area contributed by atoms with Crippen molar-refractivity contribution in [2.75, 3.05) is 7.05 Å². The van der Waals surface area contributed by atoms with E-state index in [1.807, 2.05) is 0 Å². The van der Waals surface area contributed by atoms with E-state index in [2.05, 4.69) is 5.32 Å². The zero-order chi connectivity index (χ0) is 11.0. The lowest BCUT2D eigenvalue weighted by Gasteiger charge is -2.17. The Kier molecular flexibility index (Phi) is 2.74. The summed E-state index contributed by atoms with van der Waals surface area (Å²) in [5.41, 5.74) is 0.824. The van der Waals surface area contributed by atoms with Crippen LogP contribution in [0.25, 0.3) is 0 Å². The molecule has 3 heteroatoms. The molecule has 0 heterocycles. The standard InChI is InChI=1S/C12H15F2N/c1-7-3-6-9(11(14)10(7)13)12(15-2)8-4-5-8/h3,6,8,12,15H,4-5H2,1-2H3. The minimum absolute atomic E-state index is 0.0416. The quantitative estimate of drug-likeness (QED) is 0.810. The van der Waals surface area contributed by atoms with Gasteiger partial charge in [-0.15, -0.1) is 0 Å². The summed E-state index contributed by atoms with van der Waals surface area (Å²) in [6.07, 6.45) is 2.20. The molecule has 1 saturated carbocycles. The summed E-state index contributed by atoms with van der Waals surface area (Å²) >= 11 is 0. The monoisotopic (exact) mass is 211 g/mol. The molecule has 1 aromatic carbocycles. The average Bonchev–Trinajstić information content (AvgIpc) is 3.03. The first-order chi connectivity index (χ1) is 7.15. The first kappa shape index (κ1) is 10.6. The van der Waals surface area contributed by atoms with Crippen LogP contribution in [0.1, 0.15) is 30.0 Å². The van der Waals surface area contributed by atoms with E-state index < -0.39 is 11.6 Å². The number of benzene rings is 1. The van der Waals surface area contributed by atoms with Crippen LogP contribution in [-0.4, -0.2) is 7.05 Å². The van der Waals surface area contributed by atoms with Crippen molar-refractivity contribution >= 4 is 0 Å². The van der Waals surface area contributed by atoms with E-state index in [4.69, 9.17) is 0 Å². The van der Waals surface area contributed by atoms with Crippen LogP contribution in [0, 0.1) is 24.5 Å². The highest BCUT2D eigenvalue weighted by Gasteiger charge is 2.33. The fourth-order valence-electron chi connectivity index (χ4n) is 1.98. The van der Waals surface area contributed by atoms with Crippen LogP contribution in [0.15, 0.2) is 12.1 Å². The molecule has 0 spiro atoms. The predicted octanol–water partition coefficient (Wildman–Crippen LogP) is 2.94. The van der Waals surface area contributed by atoms with Gasteiger partial charge in [0.25, 0.3) is 0 Å². The van der Waals surface area contributed by atoms with Gasteiger partial charge in [-0.1, -0.05) is 12.1 Å². The molecule has 1 fully saturated rings. The molecule has 2 rings (SSSR count). The van der Waals surface area contributed by atoms with E-state index in [0.717, 1.165) is 12.8 Å². The molecular formula is C12H15F2N. The minimum atomic E-state index is -0.714. The SMILES string of the molecule is CNC(c1ccc(C)c(F)c1F)C1CC1. The fourth-order valence-corrected chi connectivity index (χ4v) is 1.98. The Balaban J connectivity index is 2.38. The van der Waals surface area contributed by atoms with E-state index in [9.17, 15) is 8.78 Å². The zero-order valence-electron chi connectivity index (χ0n) is 8.98. The van der Waals surface area contributed by atoms with Crippen molar-refractivity contribution in [2.45, 2.75) is 25.8 Å². The van der Waals surface area contributed by atoms with Crippen LogP contribution in [0.4, 0.5) is 8.78 Å². The molecule has 1 aliphatic rings. The van der Waals surface area contributed by atoms with Gasteiger partial charge in [-0.3, -0.25) is 0 Å². The normalized spacial score (nSPS) is 17.9. The zero-order valence-corrected chi connectivity index (χ0v) is 8.98. The van der Waals surface area contributed by atoms with E-state index in [0.29, 0.717) is 17.0 Å². The maximum Gasteiger partial charge on any atom is 0.163 e. The number of halogens is 2. The smallest absolute Gasteiger partial charge is 0.163 e. The predicted molar refractivity (Wildman–Crippen MR) is 55.6 cm³/mol. The molecular weight excluding hydrogens is 196 g/mol. The third kappa shape index (κ3) is 1.88. The summed E-state index contributed by atoms with van der Waals surface area (Å²) < 4.78 is 27.0. The minimum Gasteiger partial charge on any atom is -0.313 e. The first-order valence-corrected chi connectivity index (χ1v) is 5.27. The number of hydrogen-bond donors (Lipinski definition) is 1. The third-order valence-corrected chi connectivity index (χ3v) is 3.04. The Bertz CT molecular complexity index is 372. The lowest BCUT2D eigenvalue weighted by Crippen LogP contribution is -2.20. The molecule has 0 amide bonds. The van der Waals surface area contributed by atoms with Gasteiger partial charge in [-0.25, -0.2) is 8.78 Å². The van der Waals surface area contributed by atoms with Gasteiger partial charge in [-0.05, 0) is 38.3 Å². The largest absolute Gasteiger partial charge is 0.313 e. The van der Waals surface area contributed by atoms with Gasteiger partial charge in [0.15, 0.2) is 11.6 Å². The number of rotatable bonds is 3. The maximum absolute atomic E-state index is 13.7. The highest BCUT2D eigenvalue weighted by Crippen LogP contribution is 2.41. The summed E-state index contributed by atoms with van der Waals surface area (Å²) in [6.45, 7) is 1.58. The second-order valence-corrected chi connectivity index (χ2v) is 4.20. The second kappa shape index (κ2) is 3.89. The van der Waals surface area contributed by atoms with Crippen molar-refractivity contribution in [2.24, 2.45) is 5.92 Å². The molecule has 82 valence electrons. The van der Waals surface area contributed by atoms with Crippen LogP contribution in [0.2, 0.25) is 0 Å². The van der Waals surface area contributed by atoms with Crippen molar-refractivity contribution in [3.05, 3.63) is 34.9 Å². The molecule has 0 saturated heterocycles. The topological polar surface area (TPSA) is 12.0 Å². The summed E-state index contributed by atoms with van der Waals surface area (Å²) in [6, 6.07) is 3.29. The molecule has 0 radical (unpaired) electrons. The van der Waals surface area contributed by atoms with Crippen LogP contribution in [0.5, 0.6) is 0 Å². The van der Waals surface area contributed by atoms with Crippen molar-refractivity contribution < 1.29 is 8.78 Å². The second-order valence-electron chi connectivity index (χ2n) is 4.20. The van der Waals surface area contributed by atoms with E-state index in [1.165, 1.54) is 0 Å². The Morgan fingerprint density at radius 3 is 2.47 bits per heavy atom. The highest BCUT2D eigenvalue weighted by atomic mass is 19.2. The fraction of sp³-hybridized carbons (Fsp3) is 0.500. The van der Waals surface area contributed by atoms with Gasteiger partial charge in [0.1, 0.15) is 0 Å². The van der Waals surface area contributed by atoms with Gasteiger partial charge in [-0.2, -0.15) is 0 Å². The van der Waals surface area contributed by atoms with Crippen LogP contribution >= 0.6 is 0 Å². The molecule has 0 aromatic heterocycles. The van der Waals surface area contributed by atoms with Crippen LogP contribution in [0.3, 0.4) is 0 Å². The Hall–Kier alpha value is -0.960. The molecule has 1 nitrogen and oxygen atoms in total. The van der Waals surface area contributed by atoms with Crippen molar-refractivity contribution in [1.82, 2.24) is 5.32 Å². The molecule has 1 aromatic rings. The van der Waals surface area contributed by atoms with Crippen molar-refractivity contribution in [3.63, 3.8) is 0 Å². The average molecular weight is 211 g/mol. The molecule has 15 heavy (non-hydrogen) atoms. The van der Waals surface area contributed by atoms with E-state index in [1.54, 1.807) is 26.1 Å². The Morgan fingerprint density at radius 2 is 1.93 bits per heavy atom. The van der Waals surface area contributed by atoms with Crippen LogP contribution in [-0.2, 0) is 0 Å². The van der Waals surface area contributed by atoms with Gasteiger partial charge in [0.05, 0.1) is 0 Å². The number of nitrogens with one attached hydrogen (secondary N) is 1. The van der Waals surface area contributed by atoms with Gasteiger partial charge in [0, 0.05) is 11.6 Å². The maximum atomic E-state index is 13.7. The van der Waals surface area contributed by atoms with Gasteiger partial charge >= 0.3 is 0 Å². The molecule has 0 aliphatic heterocycles. The molecule has 1 unspecified atom stereocenters. The number of hydrogen-bond acceptors (Lipinski definition) is 1. The van der Waals surface area contributed by atoms with E-state index in [-0.39, 0.29) is 6.04 Å². The van der Waals surface area contributed by atoms with Crippen molar-refractivity contribution in [1.29, 1.82) is 0 Å². The van der Waals surface area contributed by atoms with Gasteiger partial charge < -0.3 is 5.32 Å². The molecule has 0 bridgehead atoms. The lowest BCUT2D eigenvalue weighted by molar-refractivity contribution is 0.452. The Labute approximate surface area is 88.5 Å². The summed E-state index contributed by atoms with van der Waals surface area (Å²) in [7, 11) is 1.79. The molecule has 1 N–H and O–H groups in total. The highest BCUT2D eigenvalue weighted by molar-refractivity contribution is 5.29. The number of aryl methyl sites for hydroxylation is 1. The van der Waals surface area contributed by atoms with Crippen LogP contribution < -0.4 is 5.32 Å². The van der Waals surface area contributed by atoms with Crippen molar-refractivity contribution in [3.8, 4) is 0 Å². The molecule has 1 atom stereocenters. The van der Waals surface area contributed by atoms with E-state index >= 15 is 0 Å². The third-order valence-electron chi connectivity index (χ3n) is 3.04. The first-order valence-electron chi connectivity index (χ1n) is 5.27. The lowest BCUT2D eigenvalue weighted by atomic mass is 10.00. The molecule has 1 aliphatic carbocycles. The Morgan fingerprint density at radius 1 is 1.27 bits per heavy atom. The summed E-state index contributed by atoms with van der Waals surface area (Å²) in [4.78, 5) is 0. The van der Waals surface area contributed by atoms with Gasteiger partial charge in [0.2, 0.25) is 0 Å². The summed E-state index contributed by atoms with van der Waals surface area (Å²) in [5.74, 6) is -0.943.